The molecule has 5 rings (SSSR count). The van der Waals surface area contributed by atoms with Gasteiger partial charge in [-0.3, -0.25) is 9.36 Å². The van der Waals surface area contributed by atoms with E-state index in [1.807, 2.05) is 30.3 Å². The second-order valence-corrected chi connectivity index (χ2v) is 7.26. The Balaban J connectivity index is 1.69. The normalized spacial score (nSPS) is 11.3. The number of phenolic OH excluding ortho intramolecular Hbond substituents is 1. The topological polar surface area (TPSA) is 84.1 Å². The van der Waals surface area contributed by atoms with Crippen molar-refractivity contribution in [2.24, 2.45) is 0 Å². The van der Waals surface area contributed by atoms with E-state index in [2.05, 4.69) is 9.97 Å². The average molecular weight is 415 g/mol. The lowest BCUT2D eigenvalue weighted by Crippen LogP contribution is -2.18. The van der Waals surface area contributed by atoms with Crippen LogP contribution in [0, 0.1) is 5.82 Å². The highest BCUT2D eigenvalue weighted by atomic mass is 19.1. The number of phenols is 1. The Hall–Kier alpha value is -4.13. The second-order valence-electron chi connectivity index (χ2n) is 7.26. The molecule has 3 heterocycles. The van der Waals surface area contributed by atoms with Crippen LogP contribution in [0.15, 0.2) is 82.3 Å². The summed E-state index contributed by atoms with van der Waals surface area (Å²) in [7, 11) is 0. The fourth-order valence-corrected chi connectivity index (χ4v) is 3.66. The van der Waals surface area contributed by atoms with Gasteiger partial charge in [-0.15, -0.1) is 0 Å². The molecule has 6 nitrogen and oxygen atoms in total. The highest BCUT2D eigenvalue weighted by Gasteiger charge is 2.22. The third-order valence-electron chi connectivity index (χ3n) is 5.16. The first-order valence-electron chi connectivity index (χ1n) is 9.77. The third kappa shape index (κ3) is 3.50. The standard InChI is InChI=1S/C24H18FN3O3/c25-22-17(9-4-10-21(22)29)20-14-28-23(18(26-20)12-15-6-2-1-3-7-15)27-19(24(28)30)13-16-8-5-11-31-16/h1-11,14,26,29H,12-13H2. The lowest BCUT2D eigenvalue weighted by Gasteiger charge is -2.14. The fourth-order valence-electron chi connectivity index (χ4n) is 3.66. The van der Waals surface area contributed by atoms with Gasteiger partial charge in [0.15, 0.2) is 17.4 Å². The van der Waals surface area contributed by atoms with Crippen molar-refractivity contribution in [2.45, 2.75) is 12.8 Å². The summed E-state index contributed by atoms with van der Waals surface area (Å²) < 4.78 is 21.4. The van der Waals surface area contributed by atoms with Crippen LogP contribution in [0.5, 0.6) is 5.75 Å². The van der Waals surface area contributed by atoms with E-state index in [1.165, 1.54) is 16.8 Å². The van der Waals surface area contributed by atoms with Gasteiger partial charge >= 0.3 is 0 Å². The second kappa shape index (κ2) is 7.60. The van der Waals surface area contributed by atoms with Crippen LogP contribution < -0.4 is 5.56 Å². The molecule has 0 saturated heterocycles. The molecule has 0 bridgehead atoms. The van der Waals surface area contributed by atoms with E-state index in [1.54, 1.807) is 30.5 Å². The summed E-state index contributed by atoms with van der Waals surface area (Å²) in [5.74, 6) is -0.109. The molecule has 0 amide bonds. The number of fused-ring (bicyclic) bond motifs is 1. The minimum Gasteiger partial charge on any atom is -0.505 e. The zero-order valence-corrected chi connectivity index (χ0v) is 16.4. The van der Waals surface area contributed by atoms with Crippen LogP contribution in [0.2, 0.25) is 0 Å². The van der Waals surface area contributed by atoms with Gasteiger partial charge in [0.2, 0.25) is 0 Å². The van der Waals surface area contributed by atoms with Crippen LogP contribution in [-0.4, -0.2) is 19.6 Å². The third-order valence-corrected chi connectivity index (χ3v) is 5.16. The molecule has 3 aromatic rings. The molecule has 0 atom stereocenters. The van der Waals surface area contributed by atoms with Gasteiger partial charge in [-0.25, -0.2) is 9.37 Å². The molecule has 2 aliphatic heterocycles. The Morgan fingerprint density at radius 2 is 1.87 bits per heavy atom. The van der Waals surface area contributed by atoms with Crippen LogP contribution >= 0.6 is 0 Å². The van der Waals surface area contributed by atoms with Crippen LogP contribution in [0.3, 0.4) is 0 Å². The average Bonchev–Trinajstić information content (AvgIpc) is 3.40. The Bertz CT molecular complexity index is 1370. The van der Waals surface area contributed by atoms with Gasteiger partial charge in [0, 0.05) is 18.2 Å². The molecule has 0 saturated carbocycles. The molecule has 2 aliphatic rings. The summed E-state index contributed by atoms with van der Waals surface area (Å²) in [5, 5.41) is 9.80. The van der Waals surface area contributed by atoms with E-state index in [0.29, 0.717) is 35.1 Å². The number of hydrogen-bond donors (Lipinski definition) is 2. The Morgan fingerprint density at radius 1 is 1.03 bits per heavy atom. The van der Waals surface area contributed by atoms with Gasteiger partial charge in [-0.05, 0) is 29.8 Å². The quantitative estimate of drug-likeness (QED) is 0.449. The highest BCUT2D eigenvalue weighted by Crippen LogP contribution is 2.29. The number of rotatable bonds is 5. The van der Waals surface area contributed by atoms with E-state index in [9.17, 15) is 14.3 Å². The van der Waals surface area contributed by atoms with Gasteiger partial charge in [-0.1, -0.05) is 36.4 Å². The maximum absolute atomic E-state index is 14.6. The van der Waals surface area contributed by atoms with E-state index in [4.69, 9.17) is 4.42 Å². The number of hydrogen-bond acceptors (Lipinski definition) is 4. The van der Waals surface area contributed by atoms with Crippen LogP contribution in [-0.2, 0) is 12.8 Å². The number of nitrogens with one attached hydrogen (secondary N) is 1. The fraction of sp³-hybridized carbons (Fsp3) is 0.0833. The lowest BCUT2D eigenvalue weighted by molar-refractivity contribution is 0.433. The van der Waals surface area contributed by atoms with Crippen LogP contribution in [0.4, 0.5) is 4.39 Å². The number of halogens is 1. The number of aromatic hydroxyl groups is 1. The van der Waals surface area contributed by atoms with Crippen molar-refractivity contribution < 1.29 is 13.9 Å². The Labute approximate surface area is 176 Å². The molecular weight excluding hydrogens is 397 g/mol. The van der Waals surface area contributed by atoms with E-state index in [0.717, 1.165) is 5.56 Å². The number of imidazole rings is 1. The smallest absolute Gasteiger partial charge is 0.278 e. The molecule has 1 aromatic heterocycles. The van der Waals surface area contributed by atoms with Crippen molar-refractivity contribution in [1.82, 2.24) is 14.5 Å². The molecule has 2 aromatic carbocycles. The minimum atomic E-state index is -0.757. The van der Waals surface area contributed by atoms with Crippen molar-refractivity contribution >= 4 is 0 Å². The summed E-state index contributed by atoms with van der Waals surface area (Å²) >= 11 is 0. The molecule has 0 fully saturated rings. The van der Waals surface area contributed by atoms with Crippen molar-refractivity contribution in [1.29, 1.82) is 0 Å². The molecule has 154 valence electrons. The molecular formula is C24H18FN3O3. The molecule has 7 heteroatoms. The van der Waals surface area contributed by atoms with Gasteiger partial charge in [0.1, 0.15) is 11.5 Å². The zero-order valence-electron chi connectivity index (χ0n) is 16.4. The van der Waals surface area contributed by atoms with Gasteiger partial charge in [0.25, 0.3) is 5.56 Å². The number of aromatic amines is 1. The predicted molar refractivity (Wildman–Crippen MR) is 113 cm³/mol. The predicted octanol–water partition coefficient (Wildman–Crippen LogP) is 4.28. The monoisotopic (exact) mass is 415 g/mol. The first kappa shape index (κ1) is 18.9. The summed E-state index contributed by atoms with van der Waals surface area (Å²) in [4.78, 5) is 20.9. The molecule has 0 aliphatic carbocycles. The first-order valence-corrected chi connectivity index (χ1v) is 9.77. The van der Waals surface area contributed by atoms with E-state index >= 15 is 0 Å². The number of H-pyrrole nitrogens is 1. The maximum atomic E-state index is 14.6. The van der Waals surface area contributed by atoms with Gasteiger partial charge < -0.3 is 14.5 Å². The van der Waals surface area contributed by atoms with Gasteiger partial charge in [-0.2, -0.15) is 0 Å². The van der Waals surface area contributed by atoms with Gasteiger partial charge in [0.05, 0.1) is 24.1 Å². The van der Waals surface area contributed by atoms with Crippen LogP contribution in [0.1, 0.15) is 22.7 Å². The molecule has 0 spiro atoms. The SMILES string of the molecule is O=c1c(Cc2ccco2)nc2c(Cc3ccccc3)[nH]c(-c3cccc(O)c3F)cn1-2. The van der Waals surface area contributed by atoms with Crippen molar-refractivity contribution in [2.75, 3.05) is 0 Å². The Kier molecular flexibility index (Phi) is 4.63. The lowest BCUT2D eigenvalue weighted by atomic mass is 10.1. The van der Waals surface area contributed by atoms with E-state index in [-0.39, 0.29) is 17.5 Å². The first-order chi connectivity index (χ1) is 15.1. The number of furan rings is 1. The van der Waals surface area contributed by atoms with Crippen molar-refractivity contribution in [3.8, 4) is 22.8 Å². The van der Waals surface area contributed by atoms with E-state index < -0.39 is 11.6 Å². The maximum Gasteiger partial charge on any atom is 0.278 e. The zero-order chi connectivity index (χ0) is 21.4. The minimum absolute atomic E-state index is 0.164. The van der Waals surface area contributed by atoms with Crippen molar-refractivity contribution in [3.63, 3.8) is 0 Å². The van der Waals surface area contributed by atoms with Crippen molar-refractivity contribution in [3.05, 3.63) is 112 Å². The summed E-state index contributed by atoms with van der Waals surface area (Å²) in [6.07, 6.45) is 3.79. The number of benzene rings is 2. The molecule has 0 unspecified atom stereocenters. The summed E-state index contributed by atoms with van der Waals surface area (Å²) in [6, 6.07) is 17.6. The highest BCUT2D eigenvalue weighted by molar-refractivity contribution is 5.63. The number of nitrogens with zero attached hydrogens (tertiary/aromatic N) is 2. The molecule has 31 heavy (non-hydrogen) atoms. The van der Waals surface area contributed by atoms with Crippen LogP contribution in [0.25, 0.3) is 17.1 Å². The summed E-state index contributed by atoms with van der Waals surface area (Å²) in [5.41, 5.74) is 2.25. The Morgan fingerprint density at radius 3 is 2.65 bits per heavy atom. The molecule has 2 N–H and O–H groups in total. The summed E-state index contributed by atoms with van der Waals surface area (Å²) in [6.45, 7) is 0. The number of aromatic nitrogens is 3. The molecule has 0 radical (unpaired) electrons. The largest absolute Gasteiger partial charge is 0.505 e.